The lowest BCUT2D eigenvalue weighted by molar-refractivity contribution is 0.579. The zero-order chi connectivity index (χ0) is 12.9. The summed E-state index contributed by atoms with van der Waals surface area (Å²) >= 11 is 2.10. The molecule has 0 amide bonds. The van der Waals surface area contributed by atoms with E-state index in [0.29, 0.717) is 0 Å². The molecule has 2 saturated carbocycles. The van der Waals surface area contributed by atoms with Gasteiger partial charge >= 0.3 is 0 Å². The van der Waals surface area contributed by atoms with Gasteiger partial charge < -0.3 is 5.32 Å². The zero-order valence-electron chi connectivity index (χ0n) is 11.7. The molecule has 2 aliphatic rings. The van der Waals surface area contributed by atoms with E-state index in [-0.39, 0.29) is 0 Å². The van der Waals surface area contributed by atoms with Crippen LogP contribution in [0.1, 0.15) is 51.4 Å². The molecule has 2 fully saturated rings. The van der Waals surface area contributed by atoms with E-state index in [4.69, 9.17) is 0 Å². The van der Waals surface area contributed by atoms with Crippen LogP contribution in [-0.4, -0.2) is 11.8 Å². The molecule has 1 N–H and O–H groups in total. The molecule has 0 saturated heterocycles. The van der Waals surface area contributed by atoms with Gasteiger partial charge in [0.1, 0.15) is 0 Å². The molecule has 0 spiro atoms. The Kier molecular flexibility index (Phi) is 4.71. The molecule has 0 unspecified atom stereocenters. The van der Waals surface area contributed by atoms with Crippen molar-refractivity contribution >= 4 is 17.4 Å². The van der Waals surface area contributed by atoms with E-state index in [9.17, 15) is 0 Å². The second kappa shape index (κ2) is 6.69. The number of hydrogen-bond donors (Lipinski definition) is 1. The van der Waals surface area contributed by atoms with Crippen molar-refractivity contribution in [3.8, 4) is 0 Å². The minimum Gasteiger partial charge on any atom is -0.384 e. The molecule has 1 nitrogen and oxygen atoms in total. The largest absolute Gasteiger partial charge is 0.384 e. The number of hydrogen-bond acceptors (Lipinski definition) is 2. The van der Waals surface area contributed by atoms with Crippen LogP contribution in [0.5, 0.6) is 0 Å². The van der Waals surface area contributed by atoms with Gasteiger partial charge in [0.05, 0.1) is 0 Å². The third kappa shape index (κ3) is 3.68. The molecule has 19 heavy (non-hydrogen) atoms. The zero-order valence-corrected chi connectivity index (χ0v) is 12.6. The van der Waals surface area contributed by atoms with Crippen LogP contribution in [0.25, 0.3) is 0 Å². The Labute approximate surface area is 121 Å². The standard InChI is InChI=1S/C17H25NS/c1-2-8-14(7-1)13-18-16-11-5-6-12-17(16)19-15-9-3-4-10-15/h5-6,11-12,14-15,18H,1-4,7-10,13H2. The Morgan fingerprint density at radius 3 is 2.42 bits per heavy atom. The van der Waals surface area contributed by atoms with Crippen molar-refractivity contribution in [2.24, 2.45) is 5.92 Å². The first-order chi connectivity index (χ1) is 9.42. The van der Waals surface area contributed by atoms with E-state index >= 15 is 0 Å². The minimum absolute atomic E-state index is 0.856. The van der Waals surface area contributed by atoms with Gasteiger partial charge in [-0.05, 0) is 43.7 Å². The molecule has 0 radical (unpaired) electrons. The van der Waals surface area contributed by atoms with Crippen molar-refractivity contribution in [1.29, 1.82) is 0 Å². The SMILES string of the molecule is c1ccc(SC2CCCC2)c(NCC2CCCC2)c1. The molecule has 2 aliphatic carbocycles. The second-order valence-electron chi connectivity index (χ2n) is 6.05. The second-order valence-corrected chi connectivity index (χ2v) is 7.39. The Balaban J connectivity index is 1.59. The molecule has 1 aromatic carbocycles. The molecule has 0 atom stereocenters. The van der Waals surface area contributed by atoms with Gasteiger partial charge in [-0.15, -0.1) is 11.8 Å². The van der Waals surface area contributed by atoms with Gasteiger partial charge in [-0.2, -0.15) is 0 Å². The predicted molar refractivity (Wildman–Crippen MR) is 85.0 cm³/mol. The van der Waals surface area contributed by atoms with Crippen LogP contribution in [0.2, 0.25) is 0 Å². The predicted octanol–water partition coefficient (Wildman–Crippen LogP) is 5.32. The Morgan fingerprint density at radius 1 is 0.947 bits per heavy atom. The van der Waals surface area contributed by atoms with Crippen LogP contribution in [0, 0.1) is 5.92 Å². The highest BCUT2D eigenvalue weighted by Crippen LogP contribution is 2.38. The third-order valence-corrected chi connectivity index (χ3v) is 5.95. The van der Waals surface area contributed by atoms with Crippen LogP contribution in [-0.2, 0) is 0 Å². The summed E-state index contributed by atoms with van der Waals surface area (Å²) in [6, 6.07) is 8.89. The lowest BCUT2D eigenvalue weighted by atomic mass is 10.1. The Bertz CT molecular complexity index is 392. The summed E-state index contributed by atoms with van der Waals surface area (Å²) in [5.74, 6) is 0.907. The fraction of sp³-hybridized carbons (Fsp3) is 0.647. The maximum atomic E-state index is 3.71. The van der Waals surface area contributed by atoms with Crippen molar-refractivity contribution in [3.05, 3.63) is 24.3 Å². The topological polar surface area (TPSA) is 12.0 Å². The van der Waals surface area contributed by atoms with Gasteiger partial charge in [-0.1, -0.05) is 37.8 Å². The van der Waals surface area contributed by atoms with Crippen LogP contribution < -0.4 is 5.32 Å². The van der Waals surface area contributed by atoms with Gasteiger partial charge in [0.15, 0.2) is 0 Å². The van der Waals surface area contributed by atoms with Gasteiger partial charge in [-0.25, -0.2) is 0 Å². The van der Waals surface area contributed by atoms with Crippen molar-refractivity contribution in [2.45, 2.75) is 61.5 Å². The monoisotopic (exact) mass is 275 g/mol. The normalized spacial score (nSPS) is 21.1. The van der Waals surface area contributed by atoms with Crippen molar-refractivity contribution in [2.75, 3.05) is 11.9 Å². The van der Waals surface area contributed by atoms with Crippen LogP contribution in [0.3, 0.4) is 0 Å². The highest BCUT2D eigenvalue weighted by Gasteiger charge is 2.18. The van der Waals surface area contributed by atoms with E-state index in [0.717, 1.165) is 11.2 Å². The van der Waals surface area contributed by atoms with Crippen LogP contribution in [0.4, 0.5) is 5.69 Å². The lowest BCUT2D eigenvalue weighted by Gasteiger charge is -2.17. The van der Waals surface area contributed by atoms with Gasteiger partial charge in [0, 0.05) is 22.4 Å². The quantitative estimate of drug-likeness (QED) is 0.780. The first kappa shape index (κ1) is 13.4. The molecular weight excluding hydrogens is 250 g/mol. The summed E-state index contributed by atoms with van der Waals surface area (Å²) in [6.45, 7) is 1.17. The molecule has 0 aliphatic heterocycles. The molecule has 0 bridgehead atoms. The number of anilines is 1. The molecule has 104 valence electrons. The molecule has 0 aromatic heterocycles. The molecule has 2 heteroatoms. The van der Waals surface area contributed by atoms with Gasteiger partial charge in [0.25, 0.3) is 0 Å². The van der Waals surface area contributed by atoms with E-state index in [1.807, 2.05) is 0 Å². The lowest BCUT2D eigenvalue weighted by Crippen LogP contribution is -2.11. The molecule has 3 rings (SSSR count). The maximum Gasteiger partial charge on any atom is 0.0478 e. The summed E-state index contributed by atoms with van der Waals surface area (Å²) in [7, 11) is 0. The van der Waals surface area contributed by atoms with Crippen molar-refractivity contribution < 1.29 is 0 Å². The summed E-state index contributed by atoms with van der Waals surface area (Å²) in [5.41, 5.74) is 1.37. The number of para-hydroxylation sites is 1. The van der Waals surface area contributed by atoms with Gasteiger partial charge in [-0.3, -0.25) is 0 Å². The highest BCUT2D eigenvalue weighted by atomic mass is 32.2. The van der Waals surface area contributed by atoms with Crippen molar-refractivity contribution in [1.82, 2.24) is 0 Å². The molecule has 0 heterocycles. The fourth-order valence-electron chi connectivity index (χ4n) is 3.37. The van der Waals surface area contributed by atoms with Gasteiger partial charge in [0.2, 0.25) is 0 Å². The van der Waals surface area contributed by atoms with E-state index in [1.165, 1.54) is 68.5 Å². The maximum absolute atomic E-state index is 3.71. The first-order valence-corrected chi connectivity index (χ1v) is 8.79. The van der Waals surface area contributed by atoms with E-state index in [1.54, 1.807) is 0 Å². The first-order valence-electron chi connectivity index (χ1n) is 7.91. The summed E-state index contributed by atoms with van der Waals surface area (Å²) in [5, 5.41) is 4.56. The number of thioether (sulfide) groups is 1. The Morgan fingerprint density at radius 2 is 1.63 bits per heavy atom. The van der Waals surface area contributed by atoms with E-state index < -0.39 is 0 Å². The third-order valence-electron chi connectivity index (χ3n) is 4.54. The summed E-state index contributed by atoms with van der Waals surface area (Å²) < 4.78 is 0. The number of benzene rings is 1. The number of rotatable bonds is 5. The van der Waals surface area contributed by atoms with Crippen molar-refractivity contribution in [3.63, 3.8) is 0 Å². The summed E-state index contributed by atoms with van der Waals surface area (Å²) in [6.07, 6.45) is 11.4. The Hall–Kier alpha value is -0.630. The number of nitrogens with one attached hydrogen (secondary N) is 1. The average molecular weight is 275 g/mol. The highest BCUT2D eigenvalue weighted by molar-refractivity contribution is 8.00. The van der Waals surface area contributed by atoms with E-state index in [2.05, 4.69) is 41.3 Å². The minimum atomic E-state index is 0.856. The summed E-state index contributed by atoms with van der Waals surface area (Å²) in [4.78, 5) is 1.47. The fourth-order valence-corrected chi connectivity index (χ4v) is 4.72. The smallest absolute Gasteiger partial charge is 0.0478 e. The molecular formula is C17H25NS. The van der Waals surface area contributed by atoms with Crippen LogP contribution in [0.15, 0.2) is 29.2 Å². The average Bonchev–Trinajstić information content (AvgIpc) is 3.10. The van der Waals surface area contributed by atoms with Crippen LogP contribution >= 0.6 is 11.8 Å². The molecule has 1 aromatic rings.